The average molecular weight is 206 g/mol. The van der Waals surface area contributed by atoms with Gasteiger partial charge in [-0.1, -0.05) is 0 Å². The van der Waals surface area contributed by atoms with Gasteiger partial charge >= 0.3 is 0 Å². The number of ether oxygens (including phenoxy) is 1. The number of carbonyl (C=O) groups excluding carboxylic acids is 1. The number of rotatable bonds is 1. The first kappa shape index (κ1) is 10.2. The Hall–Kier alpha value is -1.35. The number of aliphatic hydroxyl groups is 1. The van der Waals surface area contributed by atoms with Crippen LogP contribution >= 0.6 is 0 Å². The number of benzene rings is 1. The second-order valence-corrected chi connectivity index (χ2v) is 4.41. The highest BCUT2D eigenvalue weighted by atomic mass is 16.5. The van der Waals surface area contributed by atoms with Gasteiger partial charge in [-0.3, -0.25) is 4.79 Å². The van der Waals surface area contributed by atoms with E-state index < -0.39 is 11.7 Å². The lowest BCUT2D eigenvalue weighted by Gasteiger charge is -2.37. The lowest BCUT2D eigenvalue weighted by Crippen LogP contribution is -2.46. The molecule has 0 aliphatic carbocycles. The maximum Gasteiger partial charge on any atom is 0.150 e. The molecule has 1 atom stereocenters. The lowest BCUT2D eigenvalue weighted by atomic mass is 9.90. The van der Waals surface area contributed by atoms with Crippen molar-refractivity contribution in [2.45, 2.75) is 32.0 Å². The zero-order chi connectivity index (χ0) is 11.1. The van der Waals surface area contributed by atoms with Gasteiger partial charge in [0.2, 0.25) is 0 Å². The largest absolute Gasteiger partial charge is 0.485 e. The highest BCUT2D eigenvalue weighted by molar-refractivity contribution is 5.75. The highest BCUT2D eigenvalue weighted by Gasteiger charge is 2.35. The quantitative estimate of drug-likeness (QED) is 0.709. The van der Waals surface area contributed by atoms with Gasteiger partial charge in [-0.05, 0) is 37.6 Å². The summed E-state index contributed by atoms with van der Waals surface area (Å²) in [7, 11) is 0. The molecule has 0 saturated heterocycles. The SMILES string of the molecule is CC1(C)Oc2ccc(C=O)cc2C[C@H]1O. The number of hydrogen-bond acceptors (Lipinski definition) is 3. The Labute approximate surface area is 88.7 Å². The zero-order valence-corrected chi connectivity index (χ0v) is 8.86. The molecule has 1 heterocycles. The summed E-state index contributed by atoms with van der Waals surface area (Å²) in [6.45, 7) is 3.71. The summed E-state index contributed by atoms with van der Waals surface area (Å²) < 4.78 is 5.67. The summed E-state index contributed by atoms with van der Waals surface area (Å²) in [5.74, 6) is 0.760. The van der Waals surface area contributed by atoms with Crippen molar-refractivity contribution >= 4 is 6.29 Å². The number of carbonyl (C=O) groups is 1. The molecule has 0 unspecified atom stereocenters. The maximum absolute atomic E-state index is 10.6. The van der Waals surface area contributed by atoms with Crippen molar-refractivity contribution in [3.05, 3.63) is 29.3 Å². The molecule has 3 heteroatoms. The van der Waals surface area contributed by atoms with Crippen LogP contribution in [0, 0.1) is 0 Å². The minimum atomic E-state index is -0.560. The molecule has 1 aliphatic rings. The van der Waals surface area contributed by atoms with Crippen LogP contribution in [0.25, 0.3) is 0 Å². The molecule has 0 fully saturated rings. The van der Waals surface area contributed by atoms with Crippen LogP contribution in [-0.2, 0) is 6.42 Å². The third-order valence-corrected chi connectivity index (χ3v) is 2.81. The van der Waals surface area contributed by atoms with Gasteiger partial charge in [0, 0.05) is 12.0 Å². The number of aldehydes is 1. The van der Waals surface area contributed by atoms with E-state index in [1.54, 1.807) is 18.2 Å². The van der Waals surface area contributed by atoms with E-state index in [9.17, 15) is 9.90 Å². The van der Waals surface area contributed by atoms with Gasteiger partial charge in [-0.2, -0.15) is 0 Å². The average Bonchev–Trinajstić information content (AvgIpc) is 2.19. The number of fused-ring (bicyclic) bond motifs is 1. The van der Waals surface area contributed by atoms with E-state index in [2.05, 4.69) is 0 Å². The molecule has 0 radical (unpaired) electrons. The van der Waals surface area contributed by atoms with Crippen LogP contribution in [0.3, 0.4) is 0 Å². The second-order valence-electron chi connectivity index (χ2n) is 4.41. The van der Waals surface area contributed by atoms with Crippen LogP contribution in [0.2, 0.25) is 0 Å². The molecular formula is C12H14O3. The van der Waals surface area contributed by atoms with Crippen LogP contribution in [0.15, 0.2) is 18.2 Å². The first-order chi connectivity index (χ1) is 7.03. The van der Waals surface area contributed by atoms with Gasteiger partial charge in [0.15, 0.2) is 0 Å². The van der Waals surface area contributed by atoms with Crippen LogP contribution < -0.4 is 4.74 Å². The van der Waals surface area contributed by atoms with Gasteiger partial charge in [0.05, 0.1) is 6.10 Å². The van der Waals surface area contributed by atoms with Crippen molar-refractivity contribution in [3.8, 4) is 5.75 Å². The van der Waals surface area contributed by atoms with Gasteiger partial charge in [0.25, 0.3) is 0 Å². The first-order valence-electron chi connectivity index (χ1n) is 4.98. The summed E-state index contributed by atoms with van der Waals surface area (Å²) in [5, 5.41) is 9.83. The van der Waals surface area contributed by atoms with Gasteiger partial charge in [-0.15, -0.1) is 0 Å². The van der Waals surface area contributed by atoms with Crippen molar-refractivity contribution in [3.63, 3.8) is 0 Å². The van der Waals surface area contributed by atoms with E-state index in [4.69, 9.17) is 4.74 Å². The summed E-state index contributed by atoms with van der Waals surface area (Å²) >= 11 is 0. The smallest absolute Gasteiger partial charge is 0.150 e. The van der Waals surface area contributed by atoms with Crippen LogP contribution in [-0.4, -0.2) is 23.1 Å². The van der Waals surface area contributed by atoms with E-state index >= 15 is 0 Å². The van der Waals surface area contributed by atoms with E-state index in [-0.39, 0.29) is 0 Å². The molecule has 15 heavy (non-hydrogen) atoms. The molecule has 0 amide bonds. The topological polar surface area (TPSA) is 46.5 Å². The molecule has 1 aromatic rings. The fourth-order valence-electron chi connectivity index (χ4n) is 1.74. The Morgan fingerprint density at radius 1 is 1.53 bits per heavy atom. The lowest BCUT2D eigenvalue weighted by molar-refractivity contribution is -0.0411. The molecule has 2 rings (SSSR count). The fourth-order valence-corrected chi connectivity index (χ4v) is 1.74. The third kappa shape index (κ3) is 1.75. The Kier molecular flexibility index (Phi) is 2.27. The first-order valence-corrected chi connectivity index (χ1v) is 4.98. The van der Waals surface area contributed by atoms with Crippen LogP contribution in [0.1, 0.15) is 29.8 Å². The minimum absolute atomic E-state index is 0.532. The zero-order valence-electron chi connectivity index (χ0n) is 8.86. The van der Waals surface area contributed by atoms with Crippen molar-refractivity contribution in [1.82, 2.24) is 0 Å². The Bertz CT molecular complexity index is 396. The third-order valence-electron chi connectivity index (χ3n) is 2.81. The molecule has 0 bridgehead atoms. The summed E-state index contributed by atoms with van der Waals surface area (Å²) in [5.41, 5.74) is 0.950. The molecular weight excluding hydrogens is 192 g/mol. The Balaban J connectivity index is 2.41. The number of hydrogen-bond donors (Lipinski definition) is 1. The Morgan fingerprint density at radius 2 is 2.27 bits per heavy atom. The van der Waals surface area contributed by atoms with Crippen molar-refractivity contribution in [2.24, 2.45) is 0 Å². The van der Waals surface area contributed by atoms with E-state index in [1.807, 2.05) is 13.8 Å². The standard InChI is InChI=1S/C12H14O3/c1-12(2)11(14)6-9-5-8(7-13)3-4-10(9)15-12/h3-5,7,11,14H,6H2,1-2H3/t11-/m1/s1. The molecule has 1 aliphatic heterocycles. The van der Waals surface area contributed by atoms with Crippen LogP contribution in [0.4, 0.5) is 0 Å². The number of aliphatic hydroxyl groups excluding tert-OH is 1. The molecule has 1 aromatic carbocycles. The highest BCUT2D eigenvalue weighted by Crippen LogP contribution is 2.33. The van der Waals surface area contributed by atoms with Gasteiger partial charge in [-0.25, -0.2) is 0 Å². The second kappa shape index (κ2) is 3.35. The molecule has 0 spiro atoms. The predicted octanol–water partition coefficient (Wildman–Crippen LogP) is 1.57. The predicted molar refractivity (Wildman–Crippen MR) is 56.2 cm³/mol. The minimum Gasteiger partial charge on any atom is -0.485 e. The molecule has 0 saturated carbocycles. The summed E-state index contributed by atoms with van der Waals surface area (Å²) in [6.07, 6.45) is 0.795. The normalized spacial score (nSPS) is 22.7. The fraction of sp³-hybridized carbons (Fsp3) is 0.417. The van der Waals surface area contributed by atoms with Crippen molar-refractivity contribution < 1.29 is 14.6 Å². The van der Waals surface area contributed by atoms with Gasteiger partial charge < -0.3 is 9.84 Å². The molecule has 3 nitrogen and oxygen atoms in total. The van der Waals surface area contributed by atoms with Crippen molar-refractivity contribution in [1.29, 1.82) is 0 Å². The monoisotopic (exact) mass is 206 g/mol. The van der Waals surface area contributed by atoms with Crippen molar-refractivity contribution in [2.75, 3.05) is 0 Å². The van der Waals surface area contributed by atoms with E-state index in [1.165, 1.54) is 0 Å². The summed E-state index contributed by atoms with van der Waals surface area (Å²) in [4.78, 5) is 10.6. The Morgan fingerprint density at radius 3 is 2.93 bits per heavy atom. The van der Waals surface area contributed by atoms with E-state index in [0.29, 0.717) is 12.0 Å². The molecule has 80 valence electrons. The summed E-state index contributed by atoms with van der Waals surface area (Å²) in [6, 6.07) is 5.27. The van der Waals surface area contributed by atoms with E-state index in [0.717, 1.165) is 17.6 Å². The molecule has 1 N–H and O–H groups in total. The van der Waals surface area contributed by atoms with Crippen LogP contribution in [0.5, 0.6) is 5.75 Å². The maximum atomic E-state index is 10.6. The molecule has 0 aromatic heterocycles. The van der Waals surface area contributed by atoms with Gasteiger partial charge in [0.1, 0.15) is 17.6 Å².